The van der Waals surface area contributed by atoms with E-state index < -0.39 is 12.0 Å². The van der Waals surface area contributed by atoms with E-state index in [0.29, 0.717) is 5.75 Å². The summed E-state index contributed by atoms with van der Waals surface area (Å²) in [4.78, 5) is 10.7. The minimum atomic E-state index is -0.581. The minimum Gasteiger partial charge on any atom is -0.481 e. The molecule has 1 aromatic rings. The zero-order chi connectivity index (χ0) is 10.6. The van der Waals surface area contributed by atoms with E-state index in [1.54, 1.807) is 6.92 Å². The first-order valence-corrected chi connectivity index (χ1v) is 4.68. The summed E-state index contributed by atoms with van der Waals surface area (Å²) in [5, 5.41) is 0. The van der Waals surface area contributed by atoms with Gasteiger partial charge in [-0.1, -0.05) is 19.1 Å². The molecular formula is C11H15NO2. The summed E-state index contributed by atoms with van der Waals surface area (Å²) in [6.07, 6.45) is 0.411. The fraction of sp³-hybridized carbons (Fsp3) is 0.364. The second-order valence-electron chi connectivity index (χ2n) is 3.16. The number of benzene rings is 1. The highest BCUT2D eigenvalue weighted by Gasteiger charge is 2.09. The lowest BCUT2D eigenvalue weighted by atomic mass is 10.2. The van der Waals surface area contributed by atoms with Crippen molar-refractivity contribution in [3.8, 4) is 5.75 Å². The minimum absolute atomic E-state index is 0.454. The van der Waals surface area contributed by atoms with Gasteiger partial charge >= 0.3 is 0 Å². The van der Waals surface area contributed by atoms with E-state index in [1.807, 2.05) is 24.3 Å². The number of amides is 1. The largest absolute Gasteiger partial charge is 0.481 e. The molecule has 0 aromatic heterocycles. The molecule has 1 aromatic carbocycles. The second kappa shape index (κ2) is 4.65. The van der Waals surface area contributed by atoms with Gasteiger partial charge in [-0.05, 0) is 31.0 Å². The van der Waals surface area contributed by atoms with Crippen molar-refractivity contribution in [3.63, 3.8) is 0 Å². The molecule has 0 spiro atoms. The Morgan fingerprint density at radius 1 is 1.43 bits per heavy atom. The van der Waals surface area contributed by atoms with Crippen LogP contribution >= 0.6 is 0 Å². The number of ether oxygens (including phenoxy) is 1. The van der Waals surface area contributed by atoms with Crippen molar-refractivity contribution in [2.45, 2.75) is 26.4 Å². The van der Waals surface area contributed by atoms with Gasteiger partial charge in [-0.15, -0.1) is 0 Å². The van der Waals surface area contributed by atoms with E-state index in [4.69, 9.17) is 10.5 Å². The van der Waals surface area contributed by atoms with Crippen molar-refractivity contribution in [2.75, 3.05) is 0 Å². The monoisotopic (exact) mass is 193 g/mol. The summed E-state index contributed by atoms with van der Waals surface area (Å²) >= 11 is 0. The Balaban J connectivity index is 2.64. The molecule has 0 aliphatic heterocycles. The molecule has 1 amide bonds. The second-order valence-corrected chi connectivity index (χ2v) is 3.16. The number of rotatable bonds is 4. The van der Waals surface area contributed by atoms with Crippen LogP contribution in [0.15, 0.2) is 24.3 Å². The molecule has 2 N–H and O–H groups in total. The van der Waals surface area contributed by atoms with Gasteiger partial charge in [0.25, 0.3) is 5.91 Å². The van der Waals surface area contributed by atoms with Gasteiger partial charge in [0.15, 0.2) is 6.10 Å². The zero-order valence-electron chi connectivity index (χ0n) is 8.49. The van der Waals surface area contributed by atoms with Crippen molar-refractivity contribution >= 4 is 5.91 Å². The maximum atomic E-state index is 10.7. The normalized spacial score (nSPS) is 12.1. The molecule has 14 heavy (non-hydrogen) atoms. The summed E-state index contributed by atoms with van der Waals surface area (Å²) in [5.74, 6) is 0.220. The predicted octanol–water partition coefficient (Wildman–Crippen LogP) is 1.50. The molecule has 0 aliphatic carbocycles. The van der Waals surface area contributed by atoms with Crippen LogP contribution in [0, 0.1) is 0 Å². The summed E-state index contributed by atoms with van der Waals surface area (Å²) in [7, 11) is 0. The molecule has 0 bridgehead atoms. The Morgan fingerprint density at radius 2 is 2.00 bits per heavy atom. The zero-order valence-corrected chi connectivity index (χ0v) is 8.49. The molecule has 0 saturated carbocycles. The number of hydrogen-bond acceptors (Lipinski definition) is 2. The Bertz CT molecular complexity index is 306. The third kappa shape index (κ3) is 2.76. The molecule has 1 atom stereocenters. The Labute approximate surface area is 83.9 Å². The average molecular weight is 193 g/mol. The lowest BCUT2D eigenvalue weighted by Gasteiger charge is -2.11. The number of primary amides is 1. The summed E-state index contributed by atoms with van der Waals surface area (Å²) in [5.41, 5.74) is 6.32. The van der Waals surface area contributed by atoms with Crippen LogP contribution in [0.3, 0.4) is 0 Å². The lowest BCUT2D eigenvalue weighted by molar-refractivity contribution is -0.123. The van der Waals surface area contributed by atoms with E-state index in [1.165, 1.54) is 5.56 Å². The van der Waals surface area contributed by atoms with Crippen molar-refractivity contribution in [2.24, 2.45) is 5.73 Å². The molecule has 0 saturated heterocycles. The van der Waals surface area contributed by atoms with Crippen LogP contribution in [0.25, 0.3) is 0 Å². The van der Waals surface area contributed by atoms with Gasteiger partial charge in [0.05, 0.1) is 0 Å². The topological polar surface area (TPSA) is 52.3 Å². The fourth-order valence-corrected chi connectivity index (χ4v) is 1.07. The maximum absolute atomic E-state index is 10.7. The molecule has 3 nitrogen and oxygen atoms in total. The number of carbonyl (C=O) groups is 1. The first-order chi connectivity index (χ1) is 6.63. The molecule has 0 heterocycles. The van der Waals surface area contributed by atoms with Gasteiger partial charge < -0.3 is 10.5 Å². The van der Waals surface area contributed by atoms with Gasteiger partial charge in [0, 0.05) is 0 Å². The standard InChI is InChI=1S/C11H15NO2/c1-3-9-4-6-10(7-5-9)14-8(2)11(12)13/h4-8H,3H2,1-2H3,(H2,12,13). The molecule has 0 radical (unpaired) electrons. The van der Waals surface area contributed by atoms with Gasteiger partial charge in [0.2, 0.25) is 0 Å². The highest BCUT2D eigenvalue weighted by molar-refractivity contribution is 5.78. The number of nitrogens with two attached hydrogens (primary N) is 1. The number of aryl methyl sites for hydroxylation is 1. The van der Waals surface area contributed by atoms with Crippen LogP contribution < -0.4 is 10.5 Å². The summed E-state index contributed by atoms with van der Waals surface area (Å²) < 4.78 is 5.30. The molecule has 0 aliphatic rings. The van der Waals surface area contributed by atoms with Gasteiger partial charge in [-0.3, -0.25) is 4.79 Å². The molecule has 0 fully saturated rings. The van der Waals surface area contributed by atoms with Crippen LogP contribution in [-0.4, -0.2) is 12.0 Å². The van der Waals surface area contributed by atoms with Crippen LogP contribution in [-0.2, 0) is 11.2 Å². The quantitative estimate of drug-likeness (QED) is 0.787. The SMILES string of the molecule is CCc1ccc(OC(C)C(N)=O)cc1. The van der Waals surface area contributed by atoms with Crippen LogP contribution in [0.2, 0.25) is 0 Å². The Hall–Kier alpha value is -1.51. The lowest BCUT2D eigenvalue weighted by Crippen LogP contribution is -2.30. The van der Waals surface area contributed by atoms with E-state index in [0.717, 1.165) is 6.42 Å². The maximum Gasteiger partial charge on any atom is 0.258 e. The number of carbonyl (C=O) groups excluding carboxylic acids is 1. The highest BCUT2D eigenvalue weighted by Crippen LogP contribution is 2.13. The average Bonchev–Trinajstić information content (AvgIpc) is 2.19. The first kappa shape index (κ1) is 10.6. The van der Waals surface area contributed by atoms with E-state index in [2.05, 4.69) is 6.92 Å². The smallest absolute Gasteiger partial charge is 0.258 e. The third-order valence-electron chi connectivity index (χ3n) is 2.05. The predicted molar refractivity (Wildman–Crippen MR) is 55.1 cm³/mol. The van der Waals surface area contributed by atoms with E-state index in [-0.39, 0.29) is 0 Å². The summed E-state index contributed by atoms with van der Waals surface area (Å²) in [6.45, 7) is 3.72. The van der Waals surface area contributed by atoms with Crippen molar-refractivity contribution in [3.05, 3.63) is 29.8 Å². The van der Waals surface area contributed by atoms with E-state index in [9.17, 15) is 4.79 Å². The molecule has 1 rings (SSSR count). The van der Waals surface area contributed by atoms with Crippen molar-refractivity contribution < 1.29 is 9.53 Å². The van der Waals surface area contributed by atoms with Crippen LogP contribution in [0.5, 0.6) is 5.75 Å². The number of hydrogen-bond donors (Lipinski definition) is 1. The molecule has 1 unspecified atom stereocenters. The molecule has 3 heteroatoms. The van der Waals surface area contributed by atoms with Gasteiger partial charge in [0.1, 0.15) is 5.75 Å². The Morgan fingerprint density at radius 3 is 2.43 bits per heavy atom. The van der Waals surface area contributed by atoms with Crippen LogP contribution in [0.1, 0.15) is 19.4 Å². The highest BCUT2D eigenvalue weighted by atomic mass is 16.5. The first-order valence-electron chi connectivity index (χ1n) is 4.68. The van der Waals surface area contributed by atoms with E-state index >= 15 is 0 Å². The fourth-order valence-electron chi connectivity index (χ4n) is 1.07. The van der Waals surface area contributed by atoms with Gasteiger partial charge in [-0.25, -0.2) is 0 Å². The Kier molecular flexibility index (Phi) is 3.51. The third-order valence-corrected chi connectivity index (χ3v) is 2.05. The molecule has 76 valence electrons. The van der Waals surface area contributed by atoms with Gasteiger partial charge in [-0.2, -0.15) is 0 Å². The summed E-state index contributed by atoms with van der Waals surface area (Å²) in [6, 6.07) is 7.64. The van der Waals surface area contributed by atoms with Crippen molar-refractivity contribution in [1.82, 2.24) is 0 Å². The molecular weight excluding hydrogens is 178 g/mol. The van der Waals surface area contributed by atoms with Crippen LogP contribution in [0.4, 0.5) is 0 Å². The van der Waals surface area contributed by atoms with Crippen molar-refractivity contribution in [1.29, 1.82) is 0 Å².